The molecule has 1 fully saturated rings. The molecule has 1 aromatic carbocycles. The molecule has 31 heavy (non-hydrogen) atoms. The summed E-state index contributed by atoms with van der Waals surface area (Å²) < 4.78 is 49.0. The predicted octanol–water partition coefficient (Wildman–Crippen LogP) is 5.51. The van der Waals surface area contributed by atoms with E-state index in [2.05, 4.69) is 6.08 Å². The van der Waals surface area contributed by atoms with Gasteiger partial charge < -0.3 is 14.6 Å². The molecule has 0 spiro atoms. The van der Waals surface area contributed by atoms with Gasteiger partial charge in [-0.05, 0) is 61.6 Å². The number of carbonyl (C=O) groups excluding carboxylic acids is 1. The zero-order valence-corrected chi connectivity index (χ0v) is 18.2. The third kappa shape index (κ3) is 9.21. The Labute approximate surface area is 186 Å². The summed E-state index contributed by atoms with van der Waals surface area (Å²) in [5, 5.41) is 8.66. The first kappa shape index (κ1) is 25.7. The molecule has 1 N–H and O–H groups in total. The molecule has 8 heteroatoms. The van der Waals surface area contributed by atoms with Crippen LogP contribution in [0.25, 0.3) is 0 Å². The molecule has 1 saturated carbocycles. The molecule has 0 unspecified atom stereocenters. The maximum absolute atomic E-state index is 12.8. The number of esters is 1. The second-order valence-electron chi connectivity index (χ2n) is 7.77. The van der Waals surface area contributed by atoms with Gasteiger partial charge in [-0.1, -0.05) is 24.3 Å². The van der Waals surface area contributed by atoms with E-state index >= 15 is 0 Å². The predicted molar refractivity (Wildman–Crippen MR) is 113 cm³/mol. The van der Waals surface area contributed by atoms with E-state index in [9.17, 15) is 18.0 Å². The number of aliphatic hydroxyl groups is 1. The number of unbranched alkanes of at least 4 members (excludes halogenated alkanes) is 1. The van der Waals surface area contributed by atoms with Crippen molar-refractivity contribution < 1.29 is 32.5 Å². The van der Waals surface area contributed by atoms with Crippen LogP contribution >= 0.6 is 11.6 Å². The van der Waals surface area contributed by atoms with Gasteiger partial charge in [-0.3, -0.25) is 4.79 Å². The lowest BCUT2D eigenvalue weighted by Gasteiger charge is -2.20. The average Bonchev–Trinajstić information content (AvgIpc) is 3.08. The molecule has 1 aliphatic carbocycles. The van der Waals surface area contributed by atoms with Gasteiger partial charge in [-0.25, -0.2) is 0 Å². The van der Waals surface area contributed by atoms with Gasteiger partial charge in [-0.15, -0.1) is 11.6 Å². The molecule has 0 heterocycles. The molecule has 1 aromatic rings. The number of ether oxygens (including phenoxy) is 2. The Hall–Kier alpha value is -1.57. The minimum Gasteiger partial charge on any atom is -0.463 e. The third-order valence-corrected chi connectivity index (χ3v) is 5.96. The summed E-state index contributed by atoms with van der Waals surface area (Å²) in [7, 11) is 0. The number of benzene rings is 1. The highest BCUT2D eigenvalue weighted by molar-refractivity contribution is 6.21. The maximum atomic E-state index is 12.8. The first-order valence-corrected chi connectivity index (χ1v) is 11.0. The zero-order chi connectivity index (χ0) is 22.7. The highest BCUT2D eigenvalue weighted by Gasteiger charge is 2.34. The van der Waals surface area contributed by atoms with Crippen molar-refractivity contribution in [2.45, 2.75) is 56.7 Å². The second-order valence-corrected chi connectivity index (χ2v) is 8.33. The molecule has 1 aliphatic rings. The van der Waals surface area contributed by atoms with E-state index in [1.165, 1.54) is 6.07 Å². The molecule has 0 bridgehead atoms. The van der Waals surface area contributed by atoms with Gasteiger partial charge in [0.15, 0.2) is 0 Å². The minimum atomic E-state index is -4.36. The number of rotatable bonds is 12. The van der Waals surface area contributed by atoms with Gasteiger partial charge in [0.2, 0.25) is 0 Å². The molecule has 0 radical (unpaired) electrons. The standard InChI is InChI=1S/C23H30ClF3O4/c24-21-11-10-18(16-30-15-17-6-5-7-19(14-17)23(25,26)27)20(21)8-3-1-2-4-9-22(29)31-13-12-28/h1,3,5-7,14,18,20-21,28H,2,4,8-13,15-16H2/b3-1-/t18-,20-,21-/m1/s1. The summed E-state index contributed by atoms with van der Waals surface area (Å²) in [6.45, 7) is 0.471. The topological polar surface area (TPSA) is 55.8 Å². The second kappa shape index (κ2) is 13.1. The van der Waals surface area contributed by atoms with E-state index < -0.39 is 11.7 Å². The third-order valence-electron chi connectivity index (χ3n) is 5.42. The zero-order valence-electron chi connectivity index (χ0n) is 17.5. The highest BCUT2D eigenvalue weighted by atomic mass is 35.5. The van der Waals surface area contributed by atoms with Gasteiger partial charge in [0.05, 0.1) is 25.4 Å². The van der Waals surface area contributed by atoms with Crippen LogP contribution in [0.5, 0.6) is 0 Å². The summed E-state index contributed by atoms with van der Waals surface area (Å²) >= 11 is 6.47. The van der Waals surface area contributed by atoms with Crippen molar-refractivity contribution in [3.05, 3.63) is 47.5 Å². The summed E-state index contributed by atoms with van der Waals surface area (Å²) in [4.78, 5) is 11.4. The highest BCUT2D eigenvalue weighted by Crippen LogP contribution is 2.38. The normalized spacial score (nSPS) is 21.6. The van der Waals surface area contributed by atoms with Crippen LogP contribution in [0.1, 0.15) is 49.7 Å². The molecule has 3 atom stereocenters. The van der Waals surface area contributed by atoms with Crippen molar-refractivity contribution in [1.82, 2.24) is 0 Å². The smallest absolute Gasteiger partial charge is 0.416 e. The number of allylic oxidation sites excluding steroid dienone is 2. The van der Waals surface area contributed by atoms with Crippen LogP contribution < -0.4 is 0 Å². The first-order valence-electron chi connectivity index (χ1n) is 10.6. The van der Waals surface area contributed by atoms with E-state index in [0.29, 0.717) is 25.0 Å². The summed E-state index contributed by atoms with van der Waals surface area (Å²) in [5.41, 5.74) is -0.163. The average molecular weight is 463 g/mol. The summed E-state index contributed by atoms with van der Waals surface area (Å²) in [5.74, 6) is 0.220. The number of halogens is 4. The lowest BCUT2D eigenvalue weighted by molar-refractivity contribution is -0.144. The number of alkyl halides is 4. The largest absolute Gasteiger partial charge is 0.463 e. The van der Waals surface area contributed by atoms with Crippen LogP contribution in [0.3, 0.4) is 0 Å². The van der Waals surface area contributed by atoms with Crippen molar-refractivity contribution in [1.29, 1.82) is 0 Å². The van der Waals surface area contributed by atoms with Gasteiger partial charge >= 0.3 is 12.1 Å². The van der Waals surface area contributed by atoms with Crippen molar-refractivity contribution in [3.8, 4) is 0 Å². The van der Waals surface area contributed by atoms with Crippen LogP contribution in [0, 0.1) is 11.8 Å². The van der Waals surface area contributed by atoms with Gasteiger partial charge in [0, 0.05) is 11.8 Å². The molecule has 0 aliphatic heterocycles. The number of hydrogen-bond acceptors (Lipinski definition) is 4. The fourth-order valence-electron chi connectivity index (χ4n) is 3.78. The Balaban J connectivity index is 1.71. The Bertz CT molecular complexity index is 708. The van der Waals surface area contributed by atoms with Crippen molar-refractivity contribution in [2.24, 2.45) is 11.8 Å². The molecular formula is C23H30ClF3O4. The van der Waals surface area contributed by atoms with Crippen LogP contribution in [0.2, 0.25) is 0 Å². The Kier molecular flexibility index (Phi) is 10.8. The number of hydrogen-bond donors (Lipinski definition) is 1. The molecule has 0 amide bonds. The molecule has 0 saturated heterocycles. The lowest BCUT2D eigenvalue weighted by Crippen LogP contribution is -2.19. The van der Waals surface area contributed by atoms with Crippen molar-refractivity contribution in [3.63, 3.8) is 0 Å². The molecule has 174 valence electrons. The molecular weight excluding hydrogens is 433 g/mol. The van der Waals surface area contributed by atoms with Gasteiger partial charge in [0.25, 0.3) is 0 Å². The maximum Gasteiger partial charge on any atom is 0.416 e. The molecule has 2 rings (SSSR count). The van der Waals surface area contributed by atoms with Crippen molar-refractivity contribution >= 4 is 17.6 Å². The van der Waals surface area contributed by atoms with E-state index in [1.54, 1.807) is 6.07 Å². The van der Waals surface area contributed by atoms with E-state index in [1.807, 2.05) is 6.08 Å². The van der Waals surface area contributed by atoms with Gasteiger partial charge in [0.1, 0.15) is 6.61 Å². The van der Waals surface area contributed by atoms with Crippen LogP contribution in [0.4, 0.5) is 13.2 Å². The van der Waals surface area contributed by atoms with Gasteiger partial charge in [-0.2, -0.15) is 13.2 Å². The number of aliphatic hydroxyl groups excluding tert-OH is 1. The van der Waals surface area contributed by atoms with Crippen LogP contribution in [0.15, 0.2) is 36.4 Å². The number of carbonyl (C=O) groups is 1. The van der Waals surface area contributed by atoms with Crippen LogP contribution in [-0.2, 0) is 27.1 Å². The van der Waals surface area contributed by atoms with E-state index in [0.717, 1.165) is 37.8 Å². The fourth-order valence-corrected chi connectivity index (χ4v) is 4.21. The molecule has 0 aromatic heterocycles. The monoisotopic (exact) mass is 462 g/mol. The Morgan fingerprint density at radius 1 is 1.26 bits per heavy atom. The Morgan fingerprint density at radius 2 is 2.06 bits per heavy atom. The van der Waals surface area contributed by atoms with E-state index in [4.69, 9.17) is 26.2 Å². The lowest BCUT2D eigenvalue weighted by atomic mass is 9.93. The van der Waals surface area contributed by atoms with E-state index in [-0.39, 0.29) is 43.0 Å². The summed E-state index contributed by atoms with van der Waals surface area (Å²) in [6, 6.07) is 5.21. The first-order chi connectivity index (χ1) is 14.8. The minimum absolute atomic E-state index is 0.0324. The quantitative estimate of drug-likeness (QED) is 0.193. The molecule has 4 nitrogen and oxygen atoms in total. The SMILES string of the molecule is O=C(CCC/C=C\C[C@@H]1[C@@H](COCc2cccc(C(F)(F)F)c2)CC[C@H]1Cl)OCCO. The van der Waals surface area contributed by atoms with Crippen molar-refractivity contribution in [2.75, 3.05) is 19.8 Å². The Morgan fingerprint density at radius 3 is 2.81 bits per heavy atom. The fraction of sp³-hybridized carbons (Fsp3) is 0.609. The van der Waals surface area contributed by atoms with Crippen LogP contribution in [-0.4, -0.2) is 36.3 Å². The summed E-state index contributed by atoms with van der Waals surface area (Å²) in [6.07, 6.45) is 4.14.